The number of fused-ring (bicyclic) bond motifs is 5. The normalized spacial score (nSPS) is 57.6. The van der Waals surface area contributed by atoms with E-state index in [0.29, 0.717) is 0 Å². The SMILES string of the molecule is C1CCC2C(C1)CC1CCCC3C4CCCCC4C2C13. The fourth-order valence-corrected chi connectivity index (χ4v) is 8.24. The van der Waals surface area contributed by atoms with Crippen molar-refractivity contribution in [1.29, 1.82) is 0 Å². The van der Waals surface area contributed by atoms with E-state index in [2.05, 4.69) is 0 Å². The highest BCUT2D eigenvalue weighted by molar-refractivity contribution is 5.08. The third-order valence-corrected chi connectivity index (χ3v) is 8.58. The van der Waals surface area contributed by atoms with Gasteiger partial charge >= 0.3 is 0 Å². The van der Waals surface area contributed by atoms with Gasteiger partial charge in [-0.25, -0.2) is 0 Å². The lowest BCUT2D eigenvalue weighted by Crippen LogP contribution is -2.44. The second-order valence-electron chi connectivity index (χ2n) is 9.07. The Morgan fingerprint density at radius 3 is 1.90 bits per heavy atom. The molecule has 8 atom stereocenters. The van der Waals surface area contributed by atoms with Crippen LogP contribution in [0.1, 0.15) is 77.0 Å². The summed E-state index contributed by atoms with van der Waals surface area (Å²) in [5, 5.41) is 0. The molecular formula is C20H32. The Hall–Kier alpha value is 0. The van der Waals surface area contributed by atoms with Gasteiger partial charge in [0.25, 0.3) is 0 Å². The van der Waals surface area contributed by atoms with Gasteiger partial charge in [-0.1, -0.05) is 44.9 Å². The Labute approximate surface area is 125 Å². The molecule has 0 N–H and O–H groups in total. The third-order valence-electron chi connectivity index (χ3n) is 8.58. The molecule has 0 heterocycles. The van der Waals surface area contributed by atoms with Gasteiger partial charge in [-0.3, -0.25) is 0 Å². The van der Waals surface area contributed by atoms with Crippen molar-refractivity contribution in [3.8, 4) is 0 Å². The molecular weight excluding hydrogens is 240 g/mol. The van der Waals surface area contributed by atoms with Crippen molar-refractivity contribution < 1.29 is 0 Å². The maximum atomic E-state index is 1.65. The minimum absolute atomic E-state index is 1.16. The van der Waals surface area contributed by atoms with E-state index in [0.717, 1.165) is 5.92 Å². The lowest BCUT2D eigenvalue weighted by Gasteiger charge is -2.51. The summed E-state index contributed by atoms with van der Waals surface area (Å²) in [6.45, 7) is 0. The summed E-state index contributed by atoms with van der Waals surface area (Å²) in [6.07, 6.45) is 19.2. The highest BCUT2D eigenvalue weighted by Gasteiger charge is 2.59. The molecule has 0 aromatic carbocycles. The van der Waals surface area contributed by atoms with E-state index in [-0.39, 0.29) is 0 Å². The summed E-state index contributed by atoms with van der Waals surface area (Å²) in [4.78, 5) is 0. The summed E-state index contributed by atoms with van der Waals surface area (Å²) < 4.78 is 0. The van der Waals surface area contributed by atoms with Crippen molar-refractivity contribution in [3.05, 3.63) is 0 Å². The molecule has 5 aliphatic carbocycles. The fraction of sp³-hybridized carbons (Fsp3) is 1.00. The van der Waals surface area contributed by atoms with Crippen LogP contribution in [0.15, 0.2) is 0 Å². The zero-order chi connectivity index (χ0) is 13.1. The van der Waals surface area contributed by atoms with Crippen molar-refractivity contribution in [2.45, 2.75) is 77.0 Å². The van der Waals surface area contributed by atoms with Crippen LogP contribution in [0.5, 0.6) is 0 Å². The third kappa shape index (κ3) is 1.66. The lowest BCUT2D eigenvalue weighted by molar-refractivity contribution is -0.0217. The number of rotatable bonds is 0. The average molecular weight is 272 g/mol. The maximum absolute atomic E-state index is 1.65. The van der Waals surface area contributed by atoms with Crippen molar-refractivity contribution >= 4 is 0 Å². The van der Waals surface area contributed by atoms with Crippen molar-refractivity contribution in [3.63, 3.8) is 0 Å². The van der Waals surface area contributed by atoms with Crippen molar-refractivity contribution in [1.82, 2.24) is 0 Å². The van der Waals surface area contributed by atoms with Gasteiger partial charge in [0.15, 0.2) is 0 Å². The van der Waals surface area contributed by atoms with Gasteiger partial charge in [-0.05, 0) is 79.4 Å². The highest BCUT2D eigenvalue weighted by atomic mass is 14.6. The van der Waals surface area contributed by atoms with Crippen LogP contribution in [0.2, 0.25) is 0 Å². The number of hydrogen-bond acceptors (Lipinski definition) is 0. The quantitative estimate of drug-likeness (QED) is 0.533. The van der Waals surface area contributed by atoms with E-state index in [1.165, 1.54) is 41.4 Å². The molecule has 0 saturated heterocycles. The van der Waals surface area contributed by atoms with Crippen LogP contribution in [-0.2, 0) is 0 Å². The molecule has 5 rings (SSSR count). The average Bonchev–Trinajstić information content (AvgIpc) is 2.85. The molecule has 0 nitrogen and oxygen atoms in total. The molecule has 0 radical (unpaired) electrons. The highest BCUT2D eigenvalue weighted by Crippen LogP contribution is 2.66. The van der Waals surface area contributed by atoms with Gasteiger partial charge in [-0.2, -0.15) is 0 Å². The van der Waals surface area contributed by atoms with E-state index in [1.54, 1.807) is 77.0 Å². The summed E-state index contributed by atoms with van der Waals surface area (Å²) in [5.74, 6) is 9.47. The van der Waals surface area contributed by atoms with E-state index in [9.17, 15) is 0 Å². The molecule has 0 amide bonds. The second-order valence-corrected chi connectivity index (χ2v) is 9.07. The van der Waals surface area contributed by atoms with Gasteiger partial charge in [0, 0.05) is 0 Å². The van der Waals surface area contributed by atoms with Crippen LogP contribution < -0.4 is 0 Å². The molecule has 0 aromatic heterocycles. The maximum Gasteiger partial charge on any atom is -0.0318 e. The molecule has 5 fully saturated rings. The molecule has 0 bridgehead atoms. The van der Waals surface area contributed by atoms with Crippen LogP contribution in [0, 0.1) is 47.3 Å². The van der Waals surface area contributed by atoms with Crippen LogP contribution >= 0.6 is 0 Å². The van der Waals surface area contributed by atoms with Gasteiger partial charge in [0.2, 0.25) is 0 Å². The van der Waals surface area contributed by atoms with Gasteiger partial charge in [-0.15, -0.1) is 0 Å². The molecule has 112 valence electrons. The summed E-state index contributed by atoms with van der Waals surface area (Å²) >= 11 is 0. The van der Waals surface area contributed by atoms with Gasteiger partial charge in [0.1, 0.15) is 0 Å². The monoisotopic (exact) mass is 272 g/mol. The first-order valence-corrected chi connectivity index (χ1v) is 9.93. The summed E-state index contributed by atoms with van der Waals surface area (Å²) in [7, 11) is 0. The minimum Gasteiger partial charge on any atom is -0.0530 e. The van der Waals surface area contributed by atoms with Gasteiger partial charge in [0.05, 0.1) is 0 Å². The van der Waals surface area contributed by atoms with Crippen molar-refractivity contribution in [2.24, 2.45) is 47.3 Å². The molecule has 5 saturated carbocycles. The van der Waals surface area contributed by atoms with Crippen molar-refractivity contribution in [2.75, 3.05) is 0 Å². The molecule has 0 spiro atoms. The fourth-order valence-electron chi connectivity index (χ4n) is 8.24. The first-order chi connectivity index (χ1) is 9.93. The predicted octanol–water partition coefficient (Wildman–Crippen LogP) is 5.67. The smallest absolute Gasteiger partial charge is 0.0318 e. The van der Waals surface area contributed by atoms with Crippen LogP contribution in [0.3, 0.4) is 0 Å². The predicted molar refractivity (Wildman–Crippen MR) is 83.3 cm³/mol. The first kappa shape index (κ1) is 12.5. The van der Waals surface area contributed by atoms with E-state index >= 15 is 0 Å². The topological polar surface area (TPSA) is 0 Å². The second kappa shape index (κ2) is 4.75. The molecule has 8 unspecified atom stereocenters. The van der Waals surface area contributed by atoms with Crippen LogP contribution in [0.4, 0.5) is 0 Å². The van der Waals surface area contributed by atoms with E-state index in [4.69, 9.17) is 0 Å². The molecule has 20 heavy (non-hydrogen) atoms. The first-order valence-electron chi connectivity index (χ1n) is 9.93. The lowest BCUT2D eigenvalue weighted by atomic mass is 9.54. The summed E-state index contributed by atoms with van der Waals surface area (Å²) in [5.41, 5.74) is 0. The Kier molecular flexibility index (Phi) is 2.98. The number of hydrogen-bond donors (Lipinski definition) is 0. The Bertz CT molecular complexity index is 372. The van der Waals surface area contributed by atoms with Crippen LogP contribution in [-0.4, -0.2) is 0 Å². The zero-order valence-electron chi connectivity index (χ0n) is 13.1. The Balaban J connectivity index is 1.53. The Morgan fingerprint density at radius 1 is 0.400 bits per heavy atom. The molecule has 5 aliphatic rings. The molecule has 0 heteroatoms. The van der Waals surface area contributed by atoms with Gasteiger partial charge < -0.3 is 0 Å². The van der Waals surface area contributed by atoms with E-state index in [1.807, 2.05) is 0 Å². The standard InChI is InChI=1S/C20H32/c1-2-8-15-13(6-1)12-14-7-5-11-17-16-9-3-4-10-18(16)20(15)19(14)17/h13-20H,1-12H2. The summed E-state index contributed by atoms with van der Waals surface area (Å²) in [6, 6.07) is 0. The van der Waals surface area contributed by atoms with E-state index < -0.39 is 0 Å². The Morgan fingerprint density at radius 2 is 1.00 bits per heavy atom. The minimum atomic E-state index is 1.16. The molecule has 0 aromatic rings. The largest absolute Gasteiger partial charge is 0.0530 e. The molecule has 0 aliphatic heterocycles. The van der Waals surface area contributed by atoms with Crippen LogP contribution in [0.25, 0.3) is 0 Å². The zero-order valence-corrected chi connectivity index (χ0v) is 13.1.